The Kier molecular flexibility index (Phi) is 16.1. The van der Waals surface area contributed by atoms with Crippen molar-refractivity contribution in [3.8, 4) is 11.5 Å². The fraction of sp³-hybridized carbons (Fsp3) is 0.478. The number of unbranched alkanes of at least 4 members (excludes halogenated alkanes) is 3. The number of nitrogens with one attached hydrogen (secondary N) is 2. The molecule has 0 radical (unpaired) electrons. The van der Waals surface area contributed by atoms with Crippen LogP contribution in [-0.4, -0.2) is 36.4 Å². The maximum atomic E-state index is 9.58. The van der Waals surface area contributed by atoms with Crippen molar-refractivity contribution in [2.24, 2.45) is 0 Å². The summed E-state index contributed by atoms with van der Waals surface area (Å²) in [6, 6.07) is 13.9. The fourth-order valence-corrected chi connectivity index (χ4v) is 3.20. The third kappa shape index (κ3) is 11.6. The van der Waals surface area contributed by atoms with Crippen molar-refractivity contribution in [2.75, 3.05) is 26.2 Å². The molecule has 0 fully saturated rings. The third-order valence-corrected chi connectivity index (χ3v) is 4.89. The smallest absolute Gasteiger partial charge is 0.157 e. The molecule has 0 saturated heterocycles. The quantitative estimate of drug-likeness (QED) is 0.215. The SMILES string of the molecule is Br.Br.Cc1cc(O)c(O)cc1CCNCCCCCCNCCc1ccccc1. The molecule has 4 N–H and O–H groups in total. The molecular weight excluding hydrogens is 496 g/mol. The lowest BCUT2D eigenvalue weighted by molar-refractivity contribution is 0.402. The van der Waals surface area contributed by atoms with Crippen molar-refractivity contribution in [1.29, 1.82) is 0 Å². The number of phenolic OH excluding ortho intramolecular Hbond substituents is 2. The number of phenols is 2. The predicted molar refractivity (Wildman–Crippen MR) is 133 cm³/mol. The fourth-order valence-electron chi connectivity index (χ4n) is 3.20. The van der Waals surface area contributed by atoms with Crippen molar-refractivity contribution in [3.63, 3.8) is 0 Å². The van der Waals surface area contributed by atoms with Crippen LogP contribution >= 0.6 is 34.0 Å². The van der Waals surface area contributed by atoms with E-state index in [0.29, 0.717) is 0 Å². The molecule has 2 rings (SSSR count). The molecule has 0 amide bonds. The largest absolute Gasteiger partial charge is 0.504 e. The van der Waals surface area contributed by atoms with Gasteiger partial charge in [-0.15, -0.1) is 34.0 Å². The number of benzene rings is 2. The van der Waals surface area contributed by atoms with Crippen molar-refractivity contribution in [3.05, 3.63) is 59.2 Å². The molecule has 0 aliphatic rings. The monoisotopic (exact) mass is 530 g/mol. The van der Waals surface area contributed by atoms with Gasteiger partial charge in [0.05, 0.1) is 0 Å². The first-order chi connectivity index (χ1) is 13.2. The van der Waals surface area contributed by atoms with Gasteiger partial charge in [0.2, 0.25) is 0 Å². The summed E-state index contributed by atoms with van der Waals surface area (Å²) in [6.07, 6.45) is 6.93. The highest BCUT2D eigenvalue weighted by molar-refractivity contribution is 8.93. The van der Waals surface area contributed by atoms with Crippen molar-refractivity contribution in [2.45, 2.75) is 45.4 Å². The lowest BCUT2D eigenvalue weighted by atomic mass is 10.0. The van der Waals surface area contributed by atoms with Crippen LogP contribution in [0.15, 0.2) is 42.5 Å². The second-order valence-corrected chi connectivity index (χ2v) is 7.17. The third-order valence-electron chi connectivity index (χ3n) is 4.89. The van der Waals surface area contributed by atoms with Crippen LogP contribution in [0.5, 0.6) is 11.5 Å². The molecule has 0 unspecified atom stereocenters. The zero-order valence-corrected chi connectivity index (χ0v) is 20.7. The molecule has 6 heteroatoms. The first kappa shape index (κ1) is 27.9. The highest BCUT2D eigenvalue weighted by atomic mass is 79.9. The lowest BCUT2D eigenvalue weighted by Crippen LogP contribution is -2.19. The van der Waals surface area contributed by atoms with Gasteiger partial charge in [-0.1, -0.05) is 43.2 Å². The molecule has 0 saturated carbocycles. The van der Waals surface area contributed by atoms with E-state index in [9.17, 15) is 10.2 Å². The number of rotatable bonds is 13. The summed E-state index contributed by atoms with van der Waals surface area (Å²) in [7, 11) is 0. The zero-order chi connectivity index (χ0) is 19.3. The summed E-state index contributed by atoms with van der Waals surface area (Å²) in [5.74, 6) is -0.0771. The van der Waals surface area contributed by atoms with Crippen LogP contribution in [0.1, 0.15) is 42.4 Å². The Morgan fingerprint density at radius 2 is 1.24 bits per heavy atom. The minimum absolute atomic E-state index is 0. The van der Waals surface area contributed by atoms with Crippen molar-refractivity contribution in [1.82, 2.24) is 10.6 Å². The predicted octanol–water partition coefficient (Wildman–Crippen LogP) is 5.09. The first-order valence-electron chi connectivity index (χ1n) is 10.1. The Labute approximate surface area is 196 Å². The van der Waals surface area contributed by atoms with E-state index >= 15 is 0 Å². The van der Waals surface area contributed by atoms with E-state index in [1.54, 1.807) is 12.1 Å². The van der Waals surface area contributed by atoms with Crippen molar-refractivity contribution < 1.29 is 10.2 Å². The van der Waals surface area contributed by atoms with Gasteiger partial charge in [-0.2, -0.15) is 0 Å². The summed E-state index contributed by atoms with van der Waals surface area (Å²) < 4.78 is 0. The van der Waals surface area contributed by atoms with Crippen LogP contribution in [-0.2, 0) is 12.8 Å². The summed E-state index contributed by atoms with van der Waals surface area (Å²) >= 11 is 0. The van der Waals surface area contributed by atoms with Crippen LogP contribution in [0.25, 0.3) is 0 Å². The average molecular weight is 532 g/mol. The van der Waals surface area contributed by atoms with E-state index in [4.69, 9.17) is 0 Å². The van der Waals surface area contributed by atoms with Crippen LogP contribution < -0.4 is 10.6 Å². The molecule has 0 atom stereocenters. The number of halogens is 2. The zero-order valence-electron chi connectivity index (χ0n) is 17.3. The molecular formula is C23H36Br2N2O2. The van der Waals surface area contributed by atoms with E-state index in [0.717, 1.165) is 50.1 Å². The minimum atomic E-state index is -0.0428. The molecule has 0 aliphatic heterocycles. The Morgan fingerprint density at radius 3 is 1.86 bits per heavy atom. The molecule has 0 bridgehead atoms. The molecule has 0 aromatic heterocycles. The average Bonchev–Trinajstić information content (AvgIpc) is 2.67. The first-order valence-corrected chi connectivity index (χ1v) is 10.1. The van der Waals surface area contributed by atoms with Crippen molar-refractivity contribution >= 4 is 34.0 Å². The topological polar surface area (TPSA) is 64.5 Å². The maximum Gasteiger partial charge on any atom is 0.157 e. The summed E-state index contributed by atoms with van der Waals surface area (Å²) in [6.45, 7) is 6.04. The van der Waals surface area contributed by atoms with Gasteiger partial charge in [0.25, 0.3) is 0 Å². The van der Waals surface area contributed by atoms with Crippen LogP contribution in [0.2, 0.25) is 0 Å². The normalized spacial score (nSPS) is 10.2. The van der Waals surface area contributed by atoms with E-state index < -0.39 is 0 Å². The molecule has 2 aromatic carbocycles. The van der Waals surface area contributed by atoms with Gasteiger partial charge in [-0.05, 0) is 87.6 Å². The van der Waals surface area contributed by atoms with Gasteiger partial charge in [0.15, 0.2) is 11.5 Å². The summed E-state index contributed by atoms with van der Waals surface area (Å²) in [5.41, 5.74) is 3.50. The van der Waals surface area contributed by atoms with E-state index in [2.05, 4.69) is 41.0 Å². The van der Waals surface area contributed by atoms with Gasteiger partial charge < -0.3 is 20.8 Å². The van der Waals surface area contributed by atoms with Crippen LogP contribution in [0.3, 0.4) is 0 Å². The molecule has 164 valence electrons. The number of hydrogen-bond acceptors (Lipinski definition) is 4. The highest BCUT2D eigenvalue weighted by Crippen LogP contribution is 2.27. The van der Waals surface area contributed by atoms with E-state index in [1.165, 1.54) is 31.2 Å². The Bertz CT molecular complexity index is 669. The Morgan fingerprint density at radius 1 is 0.690 bits per heavy atom. The molecule has 2 aromatic rings. The molecule has 0 aliphatic carbocycles. The summed E-state index contributed by atoms with van der Waals surface area (Å²) in [4.78, 5) is 0. The van der Waals surface area contributed by atoms with Gasteiger partial charge in [-0.25, -0.2) is 0 Å². The summed E-state index contributed by atoms with van der Waals surface area (Å²) in [5, 5.41) is 26.0. The molecule has 0 spiro atoms. The maximum absolute atomic E-state index is 9.58. The second-order valence-electron chi connectivity index (χ2n) is 7.17. The molecule has 4 nitrogen and oxygen atoms in total. The van der Waals surface area contributed by atoms with Gasteiger partial charge in [0.1, 0.15) is 0 Å². The Hall–Kier alpha value is -1.08. The second kappa shape index (κ2) is 16.7. The minimum Gasteiger partial charge on any atom is -0.504 e. The number of aromatic hydroxyl groups is 2. The standard InChI is InChI=1S/C23H34N2O2.2BrH/c1-19-17-22(26)23(27)18-21(19)12-16-25-14-8-3-2-7-13-24-15-11-20-9-5-4-6-10-20;;/h4-6,9-10,17-18,24-27H,2-3,7-8,11-16H2,1H3;2*1H. The van der Waals surface area contributed by atoms with Gasteiger partial charge in [-0.3, -0.25) is 0 Å². The molecule has 0 heterocycles. The highest BCUT2D eigenvalue weighted by Gasteiger charge is 2.05. The van der Waals surface area contributed by atoms with Gasteiger partial charge in [0, 0.05) is 0 Å². The molecule has 29 heavy (non-hydrogen) atoms. The van der Waals surface area contributed by atoms with E-state index in [-0.39, 0.29) is 45.5 Å². The Balaban J connectivity index is 0.00000392. The van der Waals surface area contributed by atoms with E-state index in [1.807, 2.05) is 6.92 Å². The lowest BCUT2D eigenvalue weighted by Gasteiger charge is -2.09. The van der Waals surface area contributed by atoms with Gasteiger partial charge >= 0.3 is 0 Å². The number of hydrogen-bond donors (Lipinski definition) is 4. The number of aryl methyl sites for hydroxylation is 1. The van der Waals surface area contributed by atoms with Crippen LogP contribution in [0.4, 0.5) is 0 Å². The van der Waals surface area contributed by atoms with Crippen LogP contribution in [0, 0.1) is 6.92 Å².